The zero-order valence-electron chi connectivity index (χ0n) is 10.1. The van der Waals surface area contributed by atoms with Gasteiger partial charge >= 0.3 is 0 Å². The fourth-order valence-corrected chi connectivity index (χ4v) is 2.41. The van der Waals surface area contributed by atoms with Crippen LogP contribution in [0.1, 0.15) is 11.4 Å². The Bertz CT molecular complexity index is 531. The van der Waals surface area contributed by atoms with Gasteiger partial charge in [0.25, 0.3) is 0 Å². The van der Waals surface area contributed by atoms with Gasteiger partial charge in [0.05, 0.1) is 5.69 Å². The van der Waals surface area contributed by atoms with E-state index in [-0.39, 0.29) is 0 Å². The van der Waals surface area contributed by atoms with E-state index in [0.29, 0.717) is 6.54 Å². The second-order valence-corrected chi connectivity index (χ2v) is 5.00. The van der Waals surface area contributed by atoms with Crippen molar-refractivity contribution in [2.75, 3.05) is 6.54 Å². The Morgan fingerprint density at radius 3 is 2.82 bits per heavy atom. The molecule has 0 amide bonds. The van der Waals surface area contributed by atoms with Gasteiger partial charge in [0.15, 0.2) is 0 Å². The summed E-state index contributed by atoms with van der Waals surface area (Å²) in [7, 11) is 1.97. The fraction of sp³-hybridized carbons (Fsp3) is 0.308. The van der Waals surface area contributed by atoms with E-state index in [9.17, 15) is 0 Å². The fourth-order valence-electron chi connectivity index (χ4n) is 2.01. The number of rotatable bonds is 3. The molecule has 0 saturated heterocycles. The van der Waals surface area contributed by atoms with Crippen LogP contribution in [0, 0.1) is 6.92 Å². The Balaban J connectivity index is 2.57. The highest BCUT2D eigenvalue weighted by Crippen LogP contribution is 2.29. The zero-order chi connectivity index (χ0) is 12.4. The molecule has 0 unspecified atom stereocenters. The highest BCUT2D eigenvalue weighted by molar-refractivity contribution is 9.10. The van der Waals surface area contributed by atoms with Gasteiger partial charge in [0.1, 0.15) is 0 Å². The molecule has 0 spiro atoms. The number of hydrogen-bond acceptors (Lipinski definition) is 2. The highest BCUT2D eigenvalue weighted by Gasteiger charge is 2.14. The van der Waals surface area contributed by atoms with E-state index in [1.54, 1.807) is 0 Å². The van der Waals surface area contributed by atoms with E-state index in [4.69, 9.17) is 5.73 Å². The van der Waals surface area contributed by atoms with Gasteiger partial charge in [-0.05, 0) is 31.2 Å². The Hall–Kier alpha value is -1.13. The number of aromatic nitrogens is 2. The maximum absolute atomic E-state index is 5.64. The molecular formula is C13H16BrN3. The number of nitrogens with zero attached hydrogens (tertiary/aromatic N) is 2. The summed E-state index contributed by atoms with van der Waals surface area (Å²) in [6.45, 7) is 2.71. The summed E-state index contributed by atoms with van der Waals surface area (Å²) in [5.41, 5.74) is 10.3. The minimum absolute atomic E-state index is 0.622. The van der Waals surface area contributed by atoms with Gasteiger partial charge in [-0.15, -0.1) is 0 Å². The van der Waals surface area contributed by atoms with E-state index in [0.717, 1.165) is 16.6 Å². The lowest BCUT2D eigenvalue weighted by Crippen LogP contribution is -2.04. The average molecular weight is 294 g/mol. The molecule has 0 bridgehead atoms. The lowest BCUT2D eigenvalue weighted by molar-refractivity contribution is 0.718. The summed E-state index contributed by atoms with van der Waals surface area (Å²) < 4.78 is 3.00. The van der Waals surface area contributed by atoms with Crippen molar-refractivity contribution in [3.63, 3.8) is 0 Å². The third-order valence-corrected chi connectivity index (χ3v) is 3.39. The minimum atomic E-state index is 0.622. The molecule has 0 atom stereocenters. The van der Waals surface area contributed by atoms with Crippen LogP contribution in [-0.2, 0) is 13.5 Å². The van der Waals surface area contributed by atoms with Crippen molar-refractivity contribution in [2.24, 2.45) is 12.8 Å². The maximum Gasteiger partial charge on any atom is 0.0718 e. The molecule has 1 aromatic carbocycles. The molecule has 0 saturated carbocycles. The molecule has 2 aromatic rings. The third kappa shape index (κ3) is 2.42. The van der Waals surface area contributed by atoms with Crippen molar-refractivity contribution in [1.82, 2.24) is 9.78 Å². The molecule has 1 heterocycles. The number of benzene rings is 1. The first kappa shape index (κ1) is 12.3. The molecule has 0 radical (unpaired) electrons. The zero-order valence-corrected chi connectivity index (χ0v) is 11.7. The molecule has 0 aliphatic rings. The van der Waals surface area contributed by atoms with Crippen LogP contribution in [-0.4, -0.2) is 16.3 Å². The SMILES string of the molecule is Cc1c(-c2cccc(Br)c2)c(CCN)nn1C. The Kier molecular flexibility index (Phi) is 3.64. The summed E-state index contributed by atoms with van der Waals surface area (Å²) in [6, 6.07) is 8.29. The highest BCUT2D eigenvalue weighted by atomic mass is 79.9. The van der Waals surface area contributed by atoms with Gasteiger partial charge < -0.3 is 5.73 Å². The van der Waals surface area contributed by atoms with E-state index in [1.165, 1.54) is 16.8 Å². The summed E-state index contributed by atoms with van der Waals surface area (Å²) in [4.78, 5) is 0. The molecule has 2 N–H and O–H groups in total. The molecule has 1 aromatic heterocycles. The van der Waals surface area contributed by atoms with Crippen LogP contribution in [0.2, 0.25) is 0 Å². The summed E-state index contributed by atoms with van der Waals surface area (Å²) >= 11 is 3.50. The standard InChI is InChI=1S/C13H16BrN3/c1-9-13(10-4-3-5-11(14)8-10)12(6-7-15)16-17(9)2/h3-5,8H,6-7,15H2,1-2H3. The van der Waals surface area contributed by atoms with Crippen LogP contribution in [0.3, 0.4) is 0 Å². The summed E-state index contributed by atoms with van der Waals surface area (Å²) in [5.74, 6) is 0. The van der Waals surface area contributed by atoms with Crippen molar-refractivity contribution >= 4 is 15.9 Å². The van der Waals surface area contributed by atoms with Gasteiger partial charge in [-0.2, -0.15) is 5.10 Å². The molecule has 90 valence electrons. The molecule has 3 nitrogen and oxygen atoms in total. The van der Waals surface area contributed by atoms with Gasteiger partial charge in [0, 0.05) is 29.2 Å². The van der Waals surface area contributed by atoms with Crippen LogP contribution >= 0.6 is 15.9 Å². The van der Waals surface area contributed by atoms with Crippen molar-refractivity contribution in [1.29, 1.82) is 0 Å². The van der Waals surface area contributed by atoms with Crippen LogP contribution in [0.5, 0.6) is 0 Å². The van der Waals surface area contributed by atoms with Crippen molar-refractivity contribution < 1.29 is 0 Å². The number of hydrogen-bond donors (Lipinski definition) is 1. The van der Waals surface area contributed by atoms with Crippen LogP contribution in [0.15, 0.2) is 28.7 Å². The number of nitrogens with two attached hydrogens (primary N) is 1. The first-order valence-electron chi connectivity index (χ1n) is 5.62. The van der Waals surface area contributed by atoms with E-state index >= 15 is 0 Å². The van der Waals surface area contributed by atoms with Crippen LogP contribution in [0.4, 0.5) is 0 Å². The third-order valence-electron chi connectivity index (χ3n) is 2.90. The van der Waals surface area contributed by atoms with Crippen molar-refractivity contribution in [2.45, 2.75) is 13.3 Å². The first-order valence-corrected chi connectivity index (χ1v) is 6.41. The second-order valence-electron chi connectivity index (χ2n) is 4.08. The van der Waals surface area contributed by atoms with E-state index in [2.05, 4.69) is 40.1 Å². The van der Waals surface area contributed by atoms with Crippen molar-refractivity contribution in [3.05, 3.63) is 40.1 Å². The molecule has 4 heteroatoms. The molecule has 0 aliphatic heterocycles. The monoisotopic (exact) mass is 293 g/mol. The largest absolute Gasteiger partial charge is 0.330 e. The first-order chi connectivity index (χ1) is 8.13. The Morgan fingerprint density at radius 1 is 1.41 bits per heavy atom. The Morgan fingerprint density at radius 2 is 2.18 bits per heavy atom. The lowest BCUT2D eigenvalue weighted by atomic mass is 10.0. The predicted octanol–water partition coefficient (Wildman–Crippen LogP) is 2.66. The Labute approximate surface area is 110 Å². The molecule has 17 heavy (non-hydrogen) atoms. The predicted molar refractivity (Wildman–Crippen MR) is 73.8 cm³/mol. The molecule has 0 aliphatic carbocycles. The second kappa shape index (κ2) is 5.02. The van der Waals surface area contributed by atoms with E-state index in [1.807, 2.05) is 23.9 Å². The quantitative estimate of drug-likeness (QED) is 0.945. The normalized spacial score (nSPS) is 10.8. The summed E-state index contributed by atoms with van der Waals surface area (Å²) in [5, 5.41) is 4.53. The van der Waals surface area contributed by atoms with Gasteiger partial charge in [0.2, 0.25) is 0 Å². The van der Waals surface area contributed by atoms with Gasteiger partial charge in [-0.1, -0.05) is 28.1 Å². The van der Waals surface area contributed by atoms with Crippen LogP contribution < -0.4 is 5.73 Å². The average Bonchev–Trinajstić information content (AvgIpc) is 2.55. The molecule has 2 rings (SSSR count). The maximum atomic E-state index is 5.64. The van der Waals surface area contributed by atoms with Crippen molar-refractivity contribution in [3.8, 4) is 11.1 Å². The number of halogens is 1. The van der Waals surface area contributed by atoms with E-state index < -0.39 is 0 Å². The summed E-state index contributed by atoms with van der Waals surface area (Å²) in [6.07, 6.45) is 0.809. The topological polar surface area (TPSA) is 43.8 Å². The van der Waals surface area contributed by atoms with Gasteiger partial charge in [-0.3, -0.25) is 4.68 Å². The smallest absolute Gasteiger partial charge is 0.0718 e. The number of aryl methyl sites for hydroxylation is 1. The minimum Gasteiger partial charge on any atom is -0.330 e. The molecular weight excluding hydrogens is 278 g/mol. The van der Waals surface area contributed by atoms with Gasteiger partial charge in [-0.25, -0.2) is 0 Å². The molecule has 0 fully saturated rings. The lowest BCUT2D eigenvalue weighted by Gasteiger charge is -2.04. The van der Waals surface area contributed by atoms with Crippen LogP contribution in [0.25, 0.3) is 11.1 Å².